The Kier molecular flexibility index (Phi) is 5.34. The fourth-order valence-electron chi connectivity index (χ4n) is 3.45. The van der Waals surface area contributed by atoms with Gasteiger partial charge in [-0.1, -0.05) is 36.4 Å². The van der Waals surface area contributed by atoms with Gasteiger partial charge >= 0.3 is 6.03 Å². The van der Waals surface area contributed by atoms with E-state index in [0.29, 0.717) is 13.0 Å². The molecule has 0 bridgehead atoms. The third-order valence-corrected chi connectivity index (χ3v) is 4.65. The number of halogens is 1. The van der Waals surface area contributed by atoms with Gasteiger partial charge in [-0.3, -0.25) is 0 Å². The highest BCUT2D eigenvalue weighted by molar-refractivity contribution is 5.75. The van der Waals surface area contributed by atoms with E-state index in [4.69, 9.17) is 0 Å². The Balaban J connectivity index is 1.66. The van der Waals surface area contributed by atoms with Crippen LogP contribution in [0.1, 0.15) is 29.7 Å². The van der Waals surface area contributed by atoms with Crippen LogP contribution in [0, 0.1) is 5.82 Å². The third kappa shape index (κ3) is 3.99. The standard InChI is InChI=1S/C20H23FN2O2/c1-14(11-15-5-4-7-17(21)12-15)22-20(25)23-10-9-16-6-2-3-8-18(16)19(23)13-24/h2-8,12,14,19,24H,9-11,13H2,1H3,(H,22,25). The lowest BCUT2D eigenvalue weighted by molar-refractivity contribution is 0.125. The van der Waals surface area contributed by atoms with Crippen LogP contribution in [-0.4, -0.2) is 35.2 Å². The van der Waals surface area contributed by atoms with Crippen molar-refractivity contribution < 1.29 is 14.3 Å². The molecule has 2 atom stereocenters. The number of aliphatic hydroxyl groups excluding tert-OH is 1. The highest BCUT2D eigenvalue weighted by Gasteiger charge is 2.30. The zero-order valence-corrected chi connectivity index (χ0v) is 14.3. The molecule has 0 aliphatic carbocycles. The monoisotopic (exact) mass is 342 g/mol. The minimum Gasteiger partial charge on any atom is -0.394 e. The molecule has 2 aromatic carbocycles. The lowest BCUT2D eigenvalue weighted by atomic mass is 9.93. The minimum absolute atomic E-state index is 0.108. The first kappa shape index (κ1) is 17.4. The normalized spacial score (nSPS) is 17.7. The number of amides is 2. The number of nitrogens with one attached hydrogen (secondary N) is 1. The highest BCUT2D eigenvalue weighted by Crippen LogP contribution is 2.29. The van der Waals surface area contributed by atoms with E-state index < -0.39 is 0 Å². The largest absolute Gasteiger partial charge is 0.394 e. The zero-order valence-electron chi connectivity index (χ0n) is 14.3. The van der Waals surface area contributed by atoms with Crippen molar-refractivity contribution in [1.29, 1.82) is 0 Å². The summed E-state index contributed by atoms with van der Waals surface area (Å²) in [7, 11) is 0. The predicted octanol–water partition coefficient (Wildman–Crippen LogP) is 3.06. The molecule has 0 saturated carbocycles. The van der Waals surface area contributed by atoms with Gasteiger partial charge in [0.25, 0.3) is 0 Å². The van der Waals surface area contributed by atoms with Crippen LogP contribution in [0.25, 0.3) is 0 Å². The van der Waals surface area contributed by atoms with Crippen LogP contribution in [0.15, 0.2) is 48.5 Å². The summed E-state index contributed by atoms with van der Waals surface area (Å²) in [6, 6.07) is 13.7. The lowest BCUT2D eigenvalue weighted by Crippen LogP contribution is -2.49. The Labute approximate surface area is 147 Å². The summed E-state index contributed by atoms with van der Waals surface area (Å²) < 4.78 is 13.3. The molecule has 2 N–H and O–H groups in total. The highest BCUT2D eigenvalue weighted by atomic mass is 19.1. The number of hydrogen-bond acceptors (Lipinski definition) is 2. The maximum atomic E-state index is 13.3. The second-order valence-corrected chi connectivity index (χ2v) is 6.53. The number of hydrogen-bond donors (Lipinski definition) is 2. The molecule has 2 unspecified atom stereocenters. The molecule has 2 aromatic rings. The molecule has 0 spiro atoms. The predicted molar refractivity (Wildman–Crippen MR) is 94.8 cm³/mol. The van der Waals surface area contributed by atoms with E-state index in [2.05, 4.69) is 5.32 Å². The first-order valence-corrected chi connectivity index (χ1v) is 8.58. The molecule has 132 valence electrons. The van der Waals surface area contributed by atoms with Gasteiger partial charge in [0.15, 0.2) is 0 Å². The zero-order chi connectivity index (χ0) is 17.8. The van der Waals surface area contributed by atoms with Gasteiger partial charge in [0, 0.05) is 12.6 Å². The number of nitrogens with zero attached hydrogens (tertiary/aromatic N) is 1. The summed E-state index contributed by atoms with van der Waals surface area (Å²) in [5, 5.41) is 12.8. The van der Waals surface area contributed by atoms with Crippen molar-refractivity contribution >= 4 is 6.03 Å². The summed E-state index contributed by atoms with van der Waals surface area (Å²) in [5.74, 6) is -0.274. The number of aliphatic hydroxyl groups is 1. The number of fused-ring (bicyclic) bond motifs is 1. The molecule has 1 aliphatic heterocycles. The van der Waals surface area contributed by atoms with Crippen LogP contribution in [0.5, 0.6) is 0 Å². The van der Waals surface area contributed by atoms with E-state index in [0.717, 1.165) is 17.5 Å². The average molecular weight is 342 g/mol. The van der Waals surface area contributed by atoms with Crippen molar-refractivity contribution in [1.82, 2.24) is 10.2 Å². The maximum Gasteiger partial charge on any atom is 0.318 e. The van der Waals surface area contributed by atoms with Gasteiger partial charge in [0.1, 0.15) is 5.82 Å². The summed E-state index contributed by atoms with van der Waals surface area (Å²) in [5.41, 5.74) is 3.03. The smallest absolute Gasteiger partial charge is 0.318 e. The number of carbonyl (C=O) groups is 1. The summed E-state index contributed by atoms with van der Waals surface area (Å²) in [6.45, 7) is 2.36. The van der Waals surface area contributed by atoms with Crippen LogP contribution < -0.4 is 5.32 Å². The molecule has 0 fully saturated rings. The molecule has 2 amide bonds. The second-order valence-electron chi connectivity index (χ2n) is 6.53. The Morgan fingerprint density at radius 1 is 1.32 bits per heavy atom. The van der Waals surface area contributed by atoms with Crippen molar-refractivity contribution in [2.45, 2.75) is 31.8 Å². The molecule has 25 heavy (non-hydrogen) atoms. The first-order valence-electron chi connectivity index (χ1n) is 8.58. The molecular weight excluding hydrogens is 319 g/mol. The Hall–Kier alpha value is -2.40. The van der Waals surface area contributed by atoms with E-state index in [-0.39, 0.29) is 30.5 Å². The van der Waals surface area contributed by atoms with Crippen molar-refractivity contribution in [2.24, 2.45) is 0 Å². The Morgan fingerprint density at radius 3 is 2.88 bits per heavy atom. The van der Waals surface area contributed by atoms with Crippen molar-refractivity contribution in [3.8, 4) is 0 Å². The summed E-state index contributed by atoms with van der Waals surface area (Å²) in [6.07, 6.45) is 1.33. The molecule has 0 radical (unpaired) electrons. The van der Waals surface area contributed by atoms with Crippen LogP contribution in [-0.2, 0) is 12.8 Å². The molecule has 0 saturated heterocycles. The lowest BCUT2D eigenvalue weighted by Gasteiger charge is -2.37. The van der Waals surface area contributed by atoms with Crippen molar-refractivity contribution in [3.63, 3.8) is 0 Å². The quantitative estimate of drug-likeness (QED) is 0.897. The maximum absolute atomic E-state index is 13.3. The van der Waals surface area contributed by atoms with Gasteiger partial charge in [0.2, 0.25) is 0 Å². The van der Waals surface area contributed by atoms with Gasteiger partial charge in [-0.15, -0.1) is 0 Å². The fourth-order valence-corrected chi connectivity index (χ4v) is 3.45. The van der Waals surface area contributed by atoms with Gasteiger partial charge in [0.05, 0.1) is 12.6 Å². The van der Waals surface area contributed by atoms with Gasteiger partial charge in [-0.05, 0) is 48.6 Å². The minimum atomic E-state index is -0.327. The van der Waals surface area contributed by atoms with Gasteiger partial charge in [-0.2, -0.15) is 0 Å². The third-order valence-electron chi connectivity index (χ3n) is 4.65. The Bertz CT molecular complexity index is 750. The number of benzene rings is 2. The molecule has 4 nitrogen and oxygen atoms in total. The van der Waals surface area contributed by atoms with Crippen molar-refractivity contribution in [3.05, 3.63) is 71.0 Å². The summed E-state index contributed by atoms with van der Waals surface area (Å²) >= 11 is 0. The average Bonchev–Trinajstić information content (AvgIpc) is 2.60. The summed E-state index contributed by atoms with van der Waals surface area (Å²) in [4.78, 5) is 14.4. The first-order chi connectivity index (χ1) is 12.1. The molecule has 1 aliphatic rings. The van der Waals surface area contributed by atoms with Crippen molar-refractivity contribution in [2.75, 3.05) is 13.2 Å². The number of rotatable bonds is 4. The van der Waals surface area contributed by atoms with E-state index in [9.17, 15) is 14.3 Å². The van der Waals surface area contributed by atoms with Gasteiger partial charge < -0.3 is 15.3 Å². The van der Waals surface area contributed by atoms with Crippen LogP contribution in [0.3, 0.4) is 0 Å². The molecule has 5 heteroatoms. The second kappa shape index (κ2) is 7.66. The Morgan fingerprint density at radius 2 is 2.12 bits per heavy atom. The number of carbonyl (C=O) groups excluding carboxylic acids is 1. The van der Waals surface area contributed by atoms with Crippen LogP contribution in [0.2, 0.25) is 0 Å². The van der Waals surface area contributed by atoms with Gasteiger partial charge in [-0.25, -0.2) is 9.18 Å². The van der Waals surface area contributed by atoms with Crippen LogP contribution >= 0.6 is 0 Å². The fraction of sp³-hybridized carbons (Fsp3) is 0.350. The molecule has 3 rings (SSSR count). The van der Waals surface area contributed by atoms with E-state index in [1.165, 1.54) is 17.7 Å². The van der Waals surface area contributed by atoms with E-state index in [1.807, 2.05) is 37.3 Å². The molecular formula is C20H23FN2O2. The topological polar surface area (TPSA) is 52.6 Å². The van der Waals surface area contributed by atoms with E-state index >= 15 is 0 Å². The van der Waals surface area contributed by atoms with Crippen LogP contribution in [0.4, 0.5) is 9.18 Å². The number of urea groups is 1. The van der Waals surface area contributed by atoms with E-state index in [1.54, 1.807) is 11.0 Å². The molecule has 1 heterocycles. The molecule has 0 aromatic heterocycles. The SMILES string of the molecule is CC(Cc1cccc(F)c1)NC(=O)N1CCc2ccccc2C1CO.